The molecular formula is C33H40N6O4S. The van der Waals surface area contributed by atoms with Crippen molar-refractivity contribution in [2.75, 3.05) is 10.0 Å². The molecule has 1 amide bonds. The van der Waals surface area contributed by atoms with Gasteiger partial charge in [-0.1, -0.05) is 25.1 Å². The van der Waals surface area contributed by atoms with Crippen LogP contribution in [0.15, 0.2) is 65.7 Å². The van der Waals surface area contributed by atoms with Crippen LogP contribution in [0.2, 0.25) is 0 Å². The summed E-state index contributed by atoms with van der Waals surface area (Å²) < 4.78 is 33.5. The predicted octanol–water partition coefficient (Wildman–Crippen LogP) is 6.61. The van der Waals surface area contributed by atoms with Crippen molar-refractivity contribution in [1.82, 2.24) is 20.3 Å². The molecule has 0 aliphatic heterocycles. The van der Waals surface area contributed by atoms with E-state index >= 15 is 0 Å². The van der Waals surface area contributed by atoms with Crippen LogP contribution in [0.1, 0.15) is 64.6 Å². The molecule has 1 fully saturated rings. The number of hydrogen-bond acceptors (Lipinski definition) is 8. The van der Waals surface area contributed by atoms with Gasteiger partial charge in [0.1, 0.15) is 11.4 Å². The van der Waals surface area contributed by atoms with Gasteiger partial charge in [-0.2, -0.15) is 0 Å². The second-order valence-corrected chi connectivity index (χ2v) is 13.9. The number of ether oxygens (including phenoxy) is 1. The minimum absolute atomic E-state index is 0.0987. The number of aryl methyl sites for hydroxylation is 2. The van der Waals surface area contributed by atoms with Crippen molar-refractivity contribution >= 4 is 38.8 Å². The average molecular weight is 617 g/mol. The molecule has 0 atom stereocenters. The topological polar surface area (TPSA) is 135 Å². The van der Waals surface area contributed by atoms with E-state index in [2.05, 4.69) is 38.3 Å². The fraction of sp³-hybridized carbons (Fsp3) is 0.394. The zero-order valence-corrected chi connectivity index (χ0v) is 26.7. The van der Waals surface area contributed by atoms with Crippen LogP contribution in [0.5, 0.6) is 0 Å². The fourth-order valence-electron chi connectivity index (χ4n) is 5.47. The molecule has 0 spiro atoms. The molecule has 0 unspecified atom stereocenters. The molecular weight excluding hydrogens is 576 g/mol. The Labute approximate surface area is 259 Å². The summed E-state index contributed by atoms with van der Waals surface area (Å²) in [6, 6.07) is 16.3. The third kappa shape index (κ3) is 7.63. The van der Waals surface area contributed by atoms with Crippen LogP contribution in [-0.2, 0) is 21.2 Å². The number of fused-ring (bicyclic) bond motifs is 1. The molecule has 11 heteroatoms. The SMILES string of the molecule is CCc1cc(-c2ccc(NS(=O)(=O)c3ccccc3)nc2C)cc2cnc(NC3CCC(NC(=O)OC(C)(C)C)CC3)nc12. The smallest absolute Gasteiger partial charge is 0.407 e. The number of carbonyl (C=O) groups excluding carboxylic acids is 1. The van der Waals surface area contributed by atoms with Gasteiger partial charge in [-0.25, -0.2) is 28.2 Å². The van der Waals surface area contributed by atoms with Crippen molar-refractivity contribution in [3.8, 4) is 11.1 Å². The highest BCUT2D eigenvalue weighted by Gasteiger charge is 2.25. The van der Waals surface area contributed by atoms with E-state index in [1.54, 1.807) is 36.4 Å². The molecule has 2 aromatic heterocycles. The Balaban J connectivity index is 1.27. The molecule has 0 bridgehead atoms. The van der Waals surface area contributed by atoms with E-state index in [0.29, 0.717) is 11.6 Å². The summed E-state index contributed by atoms with van der Waals surface area (Å²) in [7, 11) is -3.73. The van der Waals surface area contributed by atoms with E-state index < -0.39 is 15.6 Å². The number of aromatic nitrogens is 3. The Morgan fingerprint density at radius 1 is 0.977 bits per heavy atom. The van der Waals surface area contributed by atoms with Gasteiger partial charge in [-0.15, -0.1) is 0 Å². The molecule has 10 nitrogen and oxygen atoms in total. The molecule has 1 aliphatic rings. The van der Waals surface area contributed by atoms with Gasteiger partial charge >= 0.3 is 6.09 Å². The number of anilines is 2. The highest BCUT2D eigenvalue weighted by Crippen LogP contribution is 2.31. The maximum Gasteiger partial charge on any atom is 0.407 e. The fourth-order valence-corrected chi connectivity index (χ4v) is 6.49. The van der Waals surface area contributed by atoms with Crippen molar-refractivity contribution in [3.05, 3.63) is 72.1 Å². The van der Waals surface area contributed by atoms with E-state index in [1.165, 1.54) is 0 Å². The summed E-state index contributed by atoms with van der Waals surface area (Å²) in [6.45, 7) is 9.55. The highest BCUT2D eigenvalue weighted by atomic mass is 32.2. The minimum atomic E-state index is -3.73. The van der Waals surface area contributed by atoms with Crippen LogP contribution in [-0.4, -0.2) is 47.1 Å². The third-order valence-electron chi connectivity index (χ3n) is 7.61. The number of sulfonamides is 1. The van der Waals surface area contributed by atoms with Crippen molar-refractivity contribution < 1.29 is 17.9 Å². The summed E-state index contributed by atoms with van der Waals surface area (Å²) in [5.41, 5.74) is 4.05. The average Bonchev–Trinajstić information content (AvgIpc) is 2.97. The lowest BCUT2D eigenvalue weighted by Gasteiger charge is -2.30. The van der Waals surface area contributed by atoms with Crippen LogP contribution in [0.25, 0.3) is 22.0 Å². The lowest BCUT2D eigenvalue weighted by Crippen LogP contribution is -2.42. The number of rotatable bonds is 8. The minimum Gasteiger partial charge on any atom is -0.444 e. The first-order chi connectivity index (χ1) is 20.9. The van der Waals surface area contributed by atoms with E-state index in [1.807, 2.05) is 46.0 Å². The zero-order valence-electron chi connectivity index (χ0n) is 25.8. The molecule has 2 aromatic carbocycles. The first-order valence-electron chi connectivity index (χ1n) is 15.0. The van der Waals surface area contributed by atoms with Crippen molar-refractivity contribution in [2.24, 2.45) is 0 Å². The third-order valence-corrected chi connectivity index (χ3v) is 8.98. The summed E-state index contributed by atoms with van der Waals surface area (Å²) in [5.74, 6) is 0.858. The lowest BCUT2D eigenvalue weighted by atomic mass is 9.91. The zero-order chi connectivity index (χ0) is 31.5. The van der Waals surface area contributed by atoms with Gasteiger partial charge in [0.25, 0.3) is 10.0 Å². The number of nitrogens with zero attached hydrogens (tertiary/aromatic N) is 3. The van der Waals surface area contributed by atoms with Gasteiger partial charge in [0, 0.05) is 34.9 Å². The molecule has 1 aliphatic carbocycles. The number of benzene rings is 2. The highest BCUT2D eigenvalue weighted by molar-refractivity contribution is 7.92. The number of pyridine rings is 1. The van der Waals surface area contributed by atoms with E-state index in [9.17, 15) is 13.2 Å². The van der Waals surface area contributed by atoms with Crippen LogP contribution in [0.3, 0.4) is 0 Å². The summed E-state index contributed by atoms with van der Waals surface area (Å²) in [4.78, 5) is 26.4. The van der Waals surface area contributed by atoms with Crippen LogP contribution >= 0.6 is 0 Å². The molecule has 44 heavy (non-hydrogen) atoms. The summed E-state index contributed by atoms with van der Waals surface area (Å²) >= 11 is 0. The molecule has 5 rings (SSSR count). The van der Waals surface area contributed by atoms with E-state index in [0.717, 1.165) is 59.7 Å². The standard InChI is InChI=1S/C33H40N6O4S/c1-6-22-18-23(28-16-17-29(35-21(28)2)39-44(41,42)27-10-8-7-9-11-27)19-24-20-34-31(38-30(22)24)36-25-12-14-26(15-13-25)37-32(40)43-33(3,4)5/h7-11,16-20,25-26H,6,12-15H2,1-5H3,(H,35,39)(H,37,40)(H,34,36,38). The molecule has 1 saturated carbocycles. The maximum atomic E-state index is 12.8. The molecule has 2 heterocycles. The maximum absolute atomic E-state index is 12.8. The number of nitrogens with one attached hydrogen (secondary N) is 3. The second-order valence-electron chi connectivity index (χ2n) is 12.2. The largest absolute Gasteiger partial charge is 0.444 e. The normalized spacial score (nSPS) is 17.2. The van der Waals surface area contributed by atoms with Crippen LogP contribution < -0.4 is 15.4 Å². The quantitative estimate of drug-likeness (QED) is 0.201. The molecule has 232 valence electrons. The predicted molar refractivity (Wildman–Crippen MR) is 173 cm³/mol. The van der Waals surface area contributed by atoms with Gasteiger partial charge in [-0.3, -0.25) is 4.72 Å². The summed E-state index contributed by atoms with van der Waals surface area (Å²) in [5, 5.41) is 7.40. The van der Waals surface area contributed by atoms with Gasteiger partial charge in [0.2, 0.25) is 5.95 Å². The van der Waals surface area contributed by atoms with Gasteiger partial charge in [-0.05, 0) is 107 Å². The van der Waals surface area contributed by atoms with Gasteiger partial charge < -0.3 is 15.4 Å². The van der Waals surface area contributed by atoms with Gasteiger partial charge in [0.05, 0.1) is 10.4 Å². The number of alkyl carbamates (subject to hydrolysis) is 1. The van der Waals surface area contributed by atoms with Crippen molar-refractivity contribution in [1.29, 1.82) is 0 Å². The van der Waals surface area contributed by atoms with Gasteiger partial charge in [0.15, 0.2) is 0 Å². The Bertz CT molecular complexity index is 1750. The first-order valence-corrected chi connectivity index (χ1v) is 16.5. The summed E-state index contributed by atoms with van der Waals surface area (Å²) in [6.07, 6.45) is 5.75. The molecule has 4 aromatic rings. The van der Waals surface area contributed by atoms with Crippen LogP contribution in [0, 0.1) is 6.92 Å². The molecule has 3 N–H and O–H groups in total. The Morgan fingerprint density at radius 3 is 2.34 bits per heavy atom. The monoisotopic (exact) mass is 616 g/mol. The van der Waals surface area contributed by atoms with Crippen molar-refractivity contribution in [3.63, 3.8) is 0 Å². The molecule has 0 saturated heterocycles. The number of hydrogen-bond donors (Lipinski definition) is 3. The second kappa shape index (κ2) is 12.8. The molecule has 0 radical (unpaired) electrons. The van der Waals surface area contributed by atoms with E-state index in [-0.39, 0.29) is 28.9 Å². The Kier molecular flexibility index (Phi) is 9.05. The van der Waals surface area contributed by atoms with Crippen LogP contribution in [0.4, 0.5) is 16.6 Å². The lowest BCUT2D eigenvalue weighted by molar-refractivity contribution is 0.0492. The Morgan fingerprint density at radius 2 is 1.68 bits per heavy atom. The number of carbonyl (C=O) groups is 1. The number of amides is 1. The van der Waals surface area contributed by atoms with Crippen molar-refractivity contribution in [2.45, 2.75) is 89.3 Å². The Hall–Kier alpha value is -4.25. The van der Waals surface area contributed by atoms with E-state index in [4.69, 9.17) is 9.72 Å². The first kappa shape index (κ1) is 31.2.